The molecule has 0 saturated carbocycles. The fourth-order valence-electron chi connectivity index (χ4n) is 7.55. The number of carbonyl (C=O) groups excluding carboxylic acids is 1. The van der Waals surface area contributed by atoms with E-state index in [1.54, 1.807) is 0 Å². The third kappa shape index (κ3) is 7.48. The van der Waals surface area contributed by atoms with Gasteiger partial charge in [0.15, 0.2) is 5.71 Å². The quantitative estimate of drug-likeness (QED) is 0.0660. The van der Waals surface area contributed by atoms with E-state index in [1.807, 2.05) is 12.1 Å². The number of hydrogen-bond acceptors (Lipinski definition) is 2. The maximum absolute atomic E-state index is 13.4. The summed E-state index contributed by atoms with van der Waals surface area (Å²) in [6.45, 7) is 11.1. The predicted octanol–water partition coefficient (Wildman–Crippen LogP) is 11.5. The van der Waals surface area contributed by atoms with Crippen LogP contribution in [0.4, 0.5) is 5.69 Å². The van der Waals surface area contributed by atoms with Crippen LogP contribution >= 0.6 is 0 Å². The van der Waals surface area contributed by atoms with Gasteiger partial charge in [0.2, 0.25) is 5.69 Å². The van der Waals surface area contributed by atoms with Gasteiger partial charge in [-0.3, -0.25) is 0 Å². The van der Waals surface area contributed by atoms with Crippen molar-refractivity contribution in [3.05, 3.63) is 101 Å². The predicted molar refractivity (Wildman–Crippen MR) is 199 cm³/mol. The summed E-state index contributed by atoms with van der Waals surface area (Å²) < 4.78 is 10.4. The minimum absolute atomic E-state index is 0.306. The molecule has 4 aromatic rings. The Morgan fingerprint density at radius 1 is 0.702 bits per heavy atom. The number of aromatic nitrogens is 1. The summed E-state index contributed by atoms with van der Waals surface area (Å²) in [6.07, 6.45) is 15.2. The van der Waals surface area contributed by atoms with E-state index in [1.165, 1.54) is 116 Å². The van der Waals surface area contributed by atoms with E-state index in [2.05, 4.69) is 97.5 Å². The molecule has 4 nitrogen and oxygen atoms in total. The van der Waals surface area contributed by atoms with Crippen molar-refractivity contribution in [2.45, 2.75) is 111 Å². The smallest absolute Gasteiger partial charge is 0.338 e. The molecule has 0 bridgehead atoms. The topological polar surface area (TPSA) is 34.2 Å². The third-order valence-corrected chi connectivity index (χ3v) is 10.0. The van der Waals surface area contributed by atoms with E-state index < -0.39 is 0 Å². The molecule has 2 heterocycles. The minimum Gasteiger partial charge on any atom is -0.465 e. The standard InChI is InChI=1S/C43H55N2O2/c1-6-8-10-12-14-22-30-44-32(3)40(36-26-18-20-28-38(36)44)42(34-24-16-17-25-35(34)43(46)47-5)41-33(4)45(31-23-15-13-11-9-7-2)39-29-21-19-27-37(39)41/h16-21,24-29H,6-15,22-23,30-31H2,1-5H3/q+1. The maximum Gasteiger partial charge on any atom is 0.338 e. The fourth-order valence-corrected chi connectivity index (χ4v) is 7.55. The van der Waals surface area contributed by atoms with Crippen LogP contribution in [-0.2, 0) is 11.3 Å². The number of para-hydroxylation sites is 2. The molecule has 0 N–H and O–H groups in total. The van der Waals surface area contributed by atoms with Crippen LogP contribution in [0.5, 0.6) is 0 Å². The number of hydrogen-bond donors (Lipinski definition) is 0. The van der Waals surface area contributed by atoms with E-state index in [9.17, 15) is 4.79 Å². The van der Waals surface area contributed by atoms with Crippen LogP contribution < -0.4 is 0 Å². The zero-order valence-corrected chi connectivity index (χ0v) is 29.5. The monoisotopic (exact) mass is 631 g/mol. The lowest BCUT2D eigenvalue weighted by Crippen LogP contribution is -2.13. The van der Waals surface area contributed by atoms with Gasteiger partial charge in [0.25, 0.3) is 0 Å². The number of methoxy groups -OCH3 is 1. The highest BCUT2D eigenvalue weighted by molar-refractivity contribution is 6.34. The second kappa shape index (κ2) is 16.8. The number of fused-ring (bicyclic) bond motifs is 2. The van der Waals surface area contributed by atoms with Crippen LogP contribution in [0.25, 0.3) is 22.0 Å². The van der Waals surface area contributed by atoms with Gasteiger partial charge in [-0.05, 0) is 43.5 Å². The normalized spacial score (nSPS) is 13.8. The van der Waals surface area contributed by atoms with Gasteiger partial charge < -0.3 is 9.30 Å². The lowest BCUT2D eigenvalue weighted by molar-refractivity contribution is -0.438. The third-order valence-electron chi connectivity index (χ3n) is 10.0. The van der Waals surface area contributed by atoms with E-state index >= 15 is 0 Å². The second-order valence-corrected chi connectivity index (χ2v) is 13.2. The first-order chi connectivity index (χ1) is 23.0. The van der Waals surface area contributed by atoms with Crippen molar-refractivity contribution in [2.24, 2.45) is 0 Å². The summed E-state index contributed by atoms with van der Waals surface area (Å²) in [5, 5.41) is 1.23. The van der Waals surface area contributed by atoms with E-state index in [0.29, 0.717) is 5.56 Å². The van der Waals surface area contributed by atoms with E-state index in [-0.39, 0.29) is 5.97 Å². The largest absolute Gasteiger partial charge is 0.465 e. The summed E-state index contributed by atoms with van der Waals surface area (Å²) >= 11 is 0. The van der Waals surface area contributed by atoms with Gasteiger partial charge in [-0.15, -0.1) is 0 Å². The van der Waals surface area contributed by atoms with Gasteiger partial charge in [0, 0.05) is 53.7 Å². The summed E-state index contributed by atoms with van der Waals surface area (Å²) in [4.78, 5) is 13.4. The first-order valence-electron chi connectivity index (χ1n) is 18.2. The molecule has 0 aliphatic carbocycles. The Morgan fingerprint density at radius 3 is 2.02 bits per heavy atom. The van der Waals surface area contributed by atoms with Crippen LogP contribution in [0.2, 0.25) is 0 Å². The van der Waals surface area contributed by atoms with Crippen molar-refractivity contribution in [1.29, 1.82) is 0 Å². The van der Waals surface area contributed by atoms with Gasteiger partial charge in [-0.25, -0.2) is 4.79 Å². The SMILES string of the molecule is CCCCCCCCn1c(C)c(C(=C2C(C)=[N+](CCCCCCCC)c3ccccc32)c2ccccc2C(=O)OC)c2ccccc21. The maximum atomic E-state index is 13.4. The second-order valence-electron chi connectivity index (χ2n) is 13.2. The lowest BCUT2D eigenvalue weighted by atomic mass is 9.85. The van der Waals surface area contributed by atoms with Gasteiger partial charge in [0.1, 0.15) is 6.54 Å². The molecule has 5 rings (SSSR count). The molecule has 0 fully saturated rings. The Labute approximate surface area is 283 Å². The zero-order chi connectivity index (χ0) is 33.2. The Bertz CT molecular complexity index is 1740. The van der Waals surface area contributed by atoms with E-state index in [0.717, 1.165) is 37.1 Å². The first-order valence-corrected chi connectivity index (χ1v) is 18.2. The Balaban J connectivity index is 1.71. The molecule has 0 spiro atoms. The number of carbonyl (C=O) groups is 1. The molecular formula is C43H55N2O2+. The molecule has 0 unspecified atom stereocenters. The number of allylic oxidation sites excluding steroid dienone is 1. The van der Waals surface area contributed by atoms with Crippen LogP contribution in [0, 0.1) is 6.92 Å². The highest BCUT2D eigenvalue weighted by Gasteiger charge is 2.36. The fraction of sp³-hybridized carbons (Fsp3) is 0.442. The van der Waals surface area contributed by atoms with Gasteiger partial charge >= 0.3 is 5.97 Å². The number of nitrogens with zero attached hydrogens (tertiary/aromatic N) is 2. The molecule has 0 amide bonds. The van der Waals surface area contributed by atoms with Crippen molar-refractivity contribution in [3.8, 4) is 0 Å². The van der Waals surface area contributed by atoms with Gasteiger partial charge in [-0.2, -0.15) is 4.58 Å². The lowest BCUT2D eigenvalue weighted by Gasteiger charge is -2.17. The number of esters is 1. The van der Waals surface area contributed by atoms with Crippen molar-refractivity contribution in [1.82, 2.24) is 4.57 Å². The Morgan fingerprint density at radius 2 is 1.30 bits per heavy atom. The number of rotatable bonds is 17. The molecular weight excluding hydrogens is 576 g/mol. The molecule has 0 atom stereocenters. The van der Waals surface area contributed by atoms with E-state index in [4.69, 9.17) is 4.74 Å². The average molecular weight is 632 g/mol. The van der Waals surface area contributed by atoms with Crippen molar-refractivity contribution < 1.29 is 14.1 Å². The number of aryl methyl sites for hydroxylation is 1. The van der Waals surface area contributed by atoms with Crippen LogP contribution in [0.1, 0.15) is 131 Å². The summed E-state index contributed by atoms with van der Waals surface area (Å²) in [5.74, 6) is -0.306. The van der Waals surface area contributed by atoms with Gasteiger partial charge in [-0.1, -0.05) is 120 Å². The first kappa shape index (κ1) is 34.4. The molecule has 3 aromatic carbocycles. The van der Waals surface area contributed by atoms with Crippen LogP contribution in [0.3, 0.4) is 0 Å². The summed E-state index contributed by atoms with van der Waals surface area (Å²) in [6, 6.07) is 25.7. The van der Waals surface area contributed by atoms with Gasteiger partial charge in [0.05, 0.1) is 23.8 Å². The number of unbranched alkanes of at least 4 members (excludes halogenated alkanes) is 10. The van der Waals surface area contributed by atoms with Crippen LogP contribution in [0.15, 0.2) is 72.8 Å². The Hall–Kier alpha value is -3.92. The number of ether oxygens (including phenoxy) is 1. The van der Waals surface area contributed by atoms with Crippen molar-refractivity contribution in [2.75, 3.05) is 13.7 Å². The molecule has 0 radical (unpaired) electrons. The molecule has 4 heteroatoms. The highest BCUT2D eigenvalue weighted by Crippen LogP contribution is 2.45. The zero-order valence-electron chi connectivity index (χ0n) is 29.5. The molecule has 248 valence electrons. The molecule has 47 heavy (non-hydrogen) atoms. The molecule has 0 saturated heterocycles. The summed E-state index contributed by atoms with van der Waals surface area (Å²) in [5.41, 5.74) is 11.3. The van der Waals surface area contributed by atoms with Crippen molar-refractivity contribution >= 4 is 39.4 Å². The summed E-state index contributed by atoms with van der Waals surface area (Å²) in [7, 11) is 1.48. The van der Waals surface area contributed by atoms with Crippen LogP contribution in [-0.4, -0.2) is 34.5 Å². The Kier molecular flexibility index (Phi) is 12.3. The highest BCUT2D eigenvalue weighted by atomic mass is 16.5. The number of benzene rings is 3. The average Bonchev–Trinajstić information content (AvgIpc) is 3.54. The van der Waals surface area contributed by atoms with Crippen molar-refractivity contribution in [3.63, 3.8) is 0 Å². The minimum atomic E-state index is -0.306. The molecule has 1 aliphatic rings. The molecule has 1 aliphatic heterocycles. The molecule has 1 aromatic heterocycles.